The zero-order chi connectivity index (χ0) is 13.2. The Hall–Kier alpha value is -1.84. The molecule has 1 heterocycles. The monoisotopic (exact) mass is 272 g/mol. The fraction of sp³-hybridized carbons (Fsp3) is 0.133. The molecule has 19 heavy (non-hydrogen) atoms. The summed E-state index contributed by atoms with van der Waals surface area (Å²) in [4.78, 5) is 7.81. The number of aromatic amines is 1. The zero-order valence-electron chi connectivity index (χ0n) is 10.4. The summed E-state index contributed by atoms with van der Waals surface area (Å²) in [5.74, 6) is 0.761. The van der Waals surface area contributed by atoms with Gasteiger partial charge in [-0.05, 0) is 17.7 Å². The Morgan fingerprint density at radius 3 is 2.58 bits per heavy atom. The third-order valence-electron chi connectivity index (χ3n) is 3.07. The molecule has 0 aliphatic rings. The van der Waals surface area contributed by atoms with E-state index in [2.05, 4.69) is 9.97 Å². The lowest BCUT2D eigenvalue weighted by Gasteiger charge is -2.12. The summed E-state index contributed by atoms with van der Waals surface area (Å²) in [7, 11) is 1.67. The maximum absolute atomic E-state index is 6.14. The molecule has 96 valence electrons. The quantitative estimate of drug-likeness (QED) is 0.784. The van der Waals surface area contributed by atoms with Crippen LogP contribution in [0.4, 0.5) is 0 Å². The van der Waals surface area contributed by atoms with E-state index < -0.39 is 0 Å². The molecule has 1 atom stereocenters. The number of rotatable bonds is 3. The number of benzene rings is 2. The number of halogens is 1. The minimum Gasteiger partial charge on any atom is -0.369 e. The topological polar surface area (TPSA) is 37.9 Å². The van der Waals surface area contributed by atoms with E-state index in [9.17, 15) is 0 Å². The van der Waals surface area contributed by atoms with Crippen LogP contribution in [-0.4, -0.2) is 17.1 Å². The van der Waals surface area contributed by atoms with Gasteiger partial charge in [0.15, 0.2) is 0 Å². The van der Waals surface area contributed by atoms with Crippen LogP contribution in [0.15, 0.2) is 48.5 Å². The maximum Gasteiger partial charge on any atom is 0.141 e. The zero-order valence-corrected chi connectivity index (χ0v) is 11.2. The van der Waals surface area contributed by atoms with Crippen LogP contribution in [-0.2, 0) is 4.74 Å². The number of para-hydroxylation sites is 1. The van der Waals surface area contributed by atoms with Gasteiger partial charge >= 0.3 is 0 Å². The van der Waals surface area contributed by atoms with Gasteiger partial charge in [-0.2, -0.15) is 0 Å². The standard InChI is InChI=1S/C15H13ClN2O/c1-19-14(10-6-3-2-4-7-10)15-17-12-9-5-8-11(16)13(12)18-15/h2-9,14H,1H3,(H,17,18). The molecule has 1 unspecified atom stereocenters. The molecular weight excluding hydrogens is 260 g/mol. The van der Waals surface area contributed by atoms with Crippen molar-refractivity contribution in [2.45, 2.75) is 6.10 Å². The minimum atomic E-state index is -0.218. The normalized spacial score (nSPS) is 12.7. The van der Waals surface area contributed by atoms with Crippen LogP contribution >= 0.6 is 11.6 Å². The lowest BCUT2D eigenvalue weighted by molar-refractivity contribution is 0.130. The number of ether oxygens (including phenoxy) is 1. The summed E-state index contributed by atoms with van der Waals surface area (Å²) >= 11 is 6.14. The number of hydrogen-bond donors (Lipinski definition) is 1. The number of imidazole rings is 1. The molecule has 3 rings (SSSR count). The Labute approximate surface area is 116 Å². The summed E-state index contributed by atoms with van der Waals surface area (Å²) in [5, 5.41) is 0.642. The molecule has 0 saturated heterocycles. The van der Waals surface area contributed by atoms with E-state index in [0.717, 1.165) is 22.4 Å². The van der Waals surface area contributed by atoms with Gasteiger partial charge in [-0.15, -0.1) is 0 Å². The van der Waals surface area contributed by atoms with Gasteiger partial charge in [-0.25, -0.2) is 4.98 Å². The second-order valence-corrected chi connectivity index (χ2v) is 4.69. The fourth-order valence-corrected chi connectivity index (χ4v) is 2.39. The summed E-state index contributed by atoms with van der Waals surface area (Å²) in [6.45, 7) is 0. The predicted molar refractivity (Wildman–Crippen MR) is 76.4 cm³/mol. The van der Waals surface area contributed by atoms with Gasteiger partial charge in [0.2, 0.25) is 0 Å². The molecule has 1 aromatic heterocycles. The van der Waals surface area contributed by atoms with Gasteiger partial charge in [0, 0.05) is 7.11 Å². The van der Waals surface area contributed by atoms with Crippen LogP contribution in [0.5, 0.6) is 0 Å². The molecule has 0 bridgehead atoms. The number of fused-ring (bicyclic) bond motifs is 1. The van der Waals surface area contributed by atoms with Crippen molar-refractivity contribution in [1.29, 1.82) is 0 Å². The number of aromatic nitrogens is 2. The van der Waals surface area contributed by atoms with Crippen LogP contribution in [0.3, 0.4) is 0 Å². The second-order valence-electron chi connectivity index (χ2n) is 4.28. The van der Waals surface area contributed by atoms with Crippen molar-refractivity contribution in [3.8, 4) is 0 Å². The lowest BCUT2D eigenvalue weighted by atomic mass is 10.1. The van der Waals surface area contributed by atoms with Crippen molar-refractivity contribution in [3.05, 3.63) is 64.9 Å². The summed E-state index contributed by atoms with van der Waals surface area (Å²) in [6.07, 6.45) is -0.218. The van der Waals surface area contributed by atoms with Crippen LogP contribution in [0.25, 0.3) is 11.0 Å². The molecule has 0 amide bonds. The van der Waals surface area contributed by atoms with Gasteiger partial charge < -0.3 is 9.72 Å². The highest BCUT2D eigenvalue weighted by Crippen LogP contribution is 2.27. The highest BCUT2D eigenvalue weighted by molar-refractivity contribution is 6.34. The van der Waals surface area contributed by atoms with E-state index in [4.69, 9.17) is 16.3 Å². The first-order valence-electron chi connectivity index (χ1n) is 6.01. The first kappa shape index (κ1) is 12.2. The third-order valence-corrected chi connectivity index (χ3v) is 3.37. The van der Waals surface area contributed by atoms with Crippen LogP contribution in [0.1, 0.15) is 17.5 Å². The summed E-state index contributed by atoms with van der Waals surface area (Å²) < 4.78 is 5.56. The molecule has 0 radical (unpaired) electrons. The second kappa shape index (κ2) is 5.03. The summed E-state index contributed by atoms with van der Waals surface area (Å²) in [6, 6.07) is 15.7. The van der Waals surface area contributed by atoms with E-state index in [1.165, 1.54) is 0 Å². The molecule has 1 N–H and O–H groups in total. The molecule has 0 fully saturated rings. The van der Waals surface area contributed by atoms with Crippen molar-refractivity contribution >= 4 is 22.6 Å². The predicted octanol–water partition coefficient (Wildman–Crippen LogP) is 3.95. The average Bonchev–Trinajstić information content (AvgIpc) is 2.86. The van der Waals surface area contributed by atoms with Crippen molar-refractivity contribution in [3.63, 3.8) is 0 Å². The maximum atomic E-state index is 6.14. The Kier molecular flexibility index (Phi) is 3.23. The highest BCUT2D eigenvalue weighted by atomic mass is 35.5. The Morgan fingerprint density at radius 1 is 1.11 bits per heavy atom. The Bertz CT molecular complexity index is 694. The number of H-pyrrole nitrogens is 1. The van der Waals surface area contributed by atoms with E-state index in [-0.39, 0.29) is 6.10 Å². The van der Waals surface area contributed by atoms with E-state index in [1.807, 2.05) is 48.5 Å². The molecule has 3 nitrogen and oxygen atoms in total. The molecule has 0 spiro atoms. The SMILES string of the molecule is COC(c1ccccc1)c1nc2c(Cl)cccc2[nH]1. The fourth-order valence-electron chi connectivity index (χ4n) is 2.17. The van der Waals surface area contributed by atoms with Crippen molar-refractivity contribution < 1.29 is 4.74 Å². The number of nitrogens with one attached hydrogen (secondary N) is 1. The first-order chi connectivity index (χ1) is 9.29. The van der Waals surface area contributed by atoms with E-state index >= 15 is 0 Å². The molecule has 0 aliphatic carbocycles. The largest absolute Gasteiger partial charge is 0.369 e. The molecule has 0 aliphatic heterocycles. The molecular formula is C15H13ClN2O. The van der Waals surface area contributed by atoms with Gasteiger partial charge in [0.1, 0.15) is 17.4 Å². The molecule has 2 aromatic carbocycles. The molecule has 0 saturated carbocycles. The third kappa shape index (κ3) is 2.23. The van der Waals surface area contributed by atoms with Gasteiger partial charge in [0.05, 0.1) is 10.5 Å². The smallest absolute Gasteiger partial charge is 0.141 e. The lowest BCUT2D eigenvalue weighted by Crippen LogP contribution is -2.05. The van der Waals surface area contributed by atoms with E-state index in [0.29, 0.717) is 5.02 Å². The van der Waals surface area contributed by atoms with Gasteiger partial charge in [-0.1, -0.05) is 48.0 Å². The van der Waals surface area contributed by atoms with Crippen molar-refractivity contribution in [2.75, 3.05) is 7.11 Å². The number of methoxy groups -OCH3 is 1. The first-order valence-corrected chi connectivity index (χ1v) is 6.39. The Morgan fingerprint density at radius 2 is 1.89 bits per heavy atom. The van der Waals surface area contributed by atoms with E-state index in [1.54, 1.807) is 7.11 Å². The Balaban J connectivity index is 2.09. The van der Waals surface area contributed by atoms with Gasteiger partial charge in [-0.3, -0.25) is 0 Å². The molecule has 4 heteroatoms. The minimum absolute atomic E-state index is 0.218. The van der Waals surface area contributed by atoms with Crippen molar-refractivity contribution in [2.24, 2.45) is 0 Å². The van der Waals surface area contributed by atoms with Gasteiger partial charge in [0.25, 0.3) is 0 Å². The highest BCUT2D eigenvalue weighted by Gasteiger charge is 2.17. The van der Waals surface area contributed by atoms with Crippen LogP contribution < -0.4 is 0 Å². The average molecular weight is 273 g/mol. The summed E-state index contributed by atoms with van der Waals surface area (Å²) in [5.41, 5.74) is 2.75. The molecule has 3 aromatic rings. The number of nitrogens with zero attached hydrogens (tertiary/aromatic N) is 1. The van der Waals surface area contributed by atoms with Crippen LogP contribution in [0.2, 0.25) is 5.02 Å². The number of hydrogen-bond acceptors (Lipinski definition) is 2. The van der Waals surface area contributed by atoms with Crippen LogP contribution in [0, 0.1) is 0 Å². The van der Waals surface area contributed by atoms with Crippen molar-refractivity contribution in [1.82, 2.24) is 9.97 Å².